The van der Waals surface area contributed by atoms with Crippen LogP contribution in [0.1, 0.15) is 66.8 Å². The third kappa shape index (κ3) is 4.32. The molecule has 0 spiro atoms. The summed E-state index contributed by atoms with van der Waals surface area (Å²) in [6, 6.07) is 6.32. The lowest BCUT2D eigenvalue weighted by molar-refractivity contribution is 0.0915. The van der Waals surface area contributed by atoms with Crippen LogP contribution in [0.4, 0.5) is 4.39 Å². The van der Waals surface area contributed by atoms with Crippen LogP contribution in [-0.4, -0.2) is 47.0 Å². The highest BCUT2D eigenvalue weighted by molar-refractivity contribution is 7.99. The Morgan fingerprint density at radius 3 is 2.55 bits per heavy atom. The van der Waals surface area contributed by atoms with Crippen molar-refractivity contribution in [2.24, 2.45) is 0 Å². The van der Waals surface area contributed by atoms with Crippen molar-refractivity contribution in [1.82, 2.24) is 28.8 Å². The Morgan fingerprint density at radius 2 is 1.79 bits per heavy atom. The molecule has 1 saturated carbocycles. The van der Waals surface area contributed by atoms with Crippen molar-refractivity contribution < 1.29 is 9.18 Å². The molecule has 1 aliphatic heterocycles. The minimum Gasteiger partial charge on any atom is -0.348 e. The summed E-state index contributed by atoms with van der Waals surface area (Å²) in [6.07, 6.45) is 6.86. The van der Waals surface area contributed by atoms with Gasteiger partial charge in [-0.3, -0.25) is 23.1 Å². The van der Waals surface area contributed by atoms with Gasteiger partial charge >= 0.3 is 5.69 Å². The zero-order valence-electron chi connectivity index (χ0n) is 21.1. The van der Waals surface area contributed by atoms with Gasteiger partial charge in [0.1, 0.15) is 22.8 Å². The lowest BCUT2D eigenvalue weighted by Crippen LogP contribution is -2.46. The van der Waals surface area contributed by atoms with Gasteiger partial charge < -0.3 is 5.32 Å². The van der Waals surface area contributed by atoms with Crippen LogP contribution in [0.2, 0.25) is 0 Å². The van der Waals surface area contributed by atoms with E-state index in [9.17, 15) is 18.8 Å². The van der Waals surface area contributed by atoms with Gasteiger partial charge in [-0.25, -0.2) is 19.2 Å². The van der Waals surface area contributed by atoms with E-state index >= 15 is 0 Å². The van der Waals surface area contributed by atoms with Crippen molar-refractivity contribution in [2.75, 3.05) is 11.5 Å². The molecule has 2 aliphatic rings. The normalized spacial score (nSPS) is 20.7. The molecule has 38 heavy (non-hydrogen) atoms. The third-order valence-electron chi connectivity index (χ3n) is 7.80. The number of aromatic nitrogens is 5. The predicted molar refractivity (Wildman–Crippen MR) is 145 cm³/mol. The van der Waals surface area contributed by atoms with E-state index in [1.165, 1.54) is 10.6 Å². The van der Waals surface area contributed by atoms with Gasteiger partial charge in [-0.15, -0.1) is 0 Å². The molecule has 4 aromatic heterocycles. The van der Waals surface area contributed by atoms with E-state index in [4.69, 9.17) is 0 Å². The van der Waals surface area contributed by atoms with Gasteiger partial charge in [-0.2, -0.15) is 11.8 Å². The number of carbonyl (C=O) groups excluding carboxylic acids is 1. The number of nitrogens with zero attached hydrogens (tertiary/aromatic N) is 5. The molecule has 2 fully saturated rings. The lowest BCUT2D eigenvalue weighted by atomic mass is 9.90. The standard InChI is InChI=1S/C27H29FN6O3S/c1-16-23(32-11-3-2-4-22(32)30-16)25(35)31-18-5-7-19(8-6-18)34-26(36)21-14-17(28)15-29-24(21)33(27(34)37)20-9-12-38-13-10-20/h2-4,11,14-15,18-20H,5-10,12-13H2,1H3,(H,31,35)/t18-,19+. The van der Waals surface area contributed by atoms with E-state index in [1.807, 2.05) is 43.1 Å². The van der Waals surface area contributed by atoms with Gasteiger partial charge in [0.15, 0.2) is 0 Å². The van der Waals surface area contributed by atoms with Crippen LogP contribution >= 0.6 is 11.8 Å². The minimum atomic E-state index is -0.598. The number of hydrogen-bond donors (Lipinski definition) is 1. The van der Waals surface area contributed by atoms with Crippen LogP contribution in [0.25, 0.3) is 16.7 Å². The number of thioether (sulfide) groups is 1. The fraction of sp³-hybridized carbons (Fsp3) is 0.444. The minimum absolute atomic E-state index is 0.0691. The summed E-state index contributed by atoms with van der Waals surface area (Å²) in [6.45, 7) is 1.82. The van der Waals surface area contributed by atoms with Crippen LogP contribution in [-0.2, 0) is 0 Å². The number of nitrogens with one attached hydrogen (secondary N) is 1. The number of rotatable bonds is 4. The second kappa shape index (κ2) is 10.0. The van der Waals surface area contributed by atoms with Crippen molar-refractivity contribution in [1.29, 1.82) is 0 Å². The highest BCUT2D eigenvalue weighted by Gasteiger charge is 2.30. The summed E-state index contributed by atoms with van der Waals surface area (Å²) in [4.78, 5) is 49.0. The summed E-state index contributed by atoms with van der Waals surface area (Å²) in [7, 11) is 0. The van der Waals surface area contributed by atoms with Crippen molar-refractivity contribution in [3.63, 3.8) is 0 Å². The molecular weight excluding hydrogens is 507 g/mol. The molecule has 0 bridgehead atoms. The number of halogens is 1. The van der Waals surface area contributed by atoms with E-state index in [1.54, 1.807) is 8.97 Å². The quantitative estimate of drug-likeness (QED) is 0.427. The first-order valence-electron chi connectivity index (χ1n) is 13.1. The molecule has 9 nitrogen and oxygen atoms in total. The van der Waals surface area contributed by atoms with E-state index in [0.29, 0.717) is 42.7 Å². The van der Waals surface area contributed by atoms with Gasteiger partial charge in [-0.1, -0.05) is 6.07 Å². The zero-order chi connectivity index (χ0) is 26.4. The molecule has 1 amide bonds. The molecule has 0 unspecified atom stereocenters. The van der Waals surface area contributed by atoms with Crippen molar-refractivity contribution >= 4 is 34.3 Å². The average molecular weight is 537 g/mol. The maximum absolute atomic E-state index is 14.1. The molecule has 1 saturated heterocycles. The largest absolute Gasteiger partial charge is 0.348 e. The number of imidazole rings is 1. The fourth-order valence-electron chi connectivity index (χ4n) is 5.92. The van der Waals surface area contributed by atoms with Crippen LogP contribution in [0.3, 0.4) is 0 Å². The Bertz CT molecular complexity index is 1650. The average Bonchev–Trinajstić information content (AvgIpc) is 3.26. The van der Waals surface area contributed by atoms with Gasteiger partial charge in [0, 0.05) is 24.3 Å². The Hall–Kier alpha value is -3.47. The third-order valence-corrected chi connectivity index (χ3v) is 8.84. The monoisotopic (exact) mass is 536 g/mol. The maximum atomic E-state index is 14.1. The van der Waals surface area contributed by atoms with Crippen LogP contribution in [0.5, 0.6) is 0 Å². The molecule has 0 radical (unpaired) electrons. The molecule has 4 aromatic rings. The van der Waals surface area contributed by atoms with E-state index in [-0.39, 0.29) is 40.8 Å². The van der Waals surface area contributed by atoms with Gasteiger partial charge in [0.25, 0.3) is 11.5 Å². The highest BCUT2D eigenvalue weighted by Crippen LogP contribution is 2.30. The van der Waals surface area contributed by atoms with Gasteiger partial charge in [0.05, 0.1) is 17.3 Å². The first-order valence-corrected chi connectivity index (χ1v) is 14.2. The Kier molecular flexibility index (Phi) is 6.55. The smallest absolute Gasteiger partial charge is 0.333 e. The number of aryl methyl sites for hydroxylation is 1. The van der Waals surface area contributed by atoms with Gasteiger partial charge in [-0.05, 0) is 75.2 Å². The first-order chi connectivity index (χ1) is 18.4. The molecule has 1 aliphatic carbocycles. The number of pyridine rings is 2. The SMILES string of the molecule is Cc1nc2ccccn2c1C(=O)N[C@H]1CC[C@@H](n2c(=O)c3cc(F)cnc3n(C3CCSCC3)c2=O)CC1. The number of hydrogen-bond acceptors (Lipinski definition) is 6. The Morgan fingerprint density at radius 1 is 1.05 bits per heavy atom. The molecule has 0 aromatic carbocycles. The molecule has 5 heterocycles. The number of fused-ring (bicyclic) bond motifs is 2. The molecule has 6 rings (SSSR count). The maximum Gasteiger partial charge on any atom is 0.333 e. The first kappa shape index (κ1) is 24.8. The predicted octanol–water partition coefficient (Wildman–Crippen LogP) is 3.64. The van der Waals surface area contributed by atoms with Gasteiger partial charge in [0.2, 0.25) is 0 Å². The second-order valence-corrected chi connectivity index (χ2v) is 11.4. The molecule has 0 atom stereocenters. The molecule has 1 N–H and O–H groups in total. The van der Waals surface area contributed by atoms with Crippen LogP contribution in [0.15, 0.2) is 46.2 Å². The van der Waals surface area contributed by atoms with E-state index in [2.05, 4.69) is 15.3 Å². The summed E-state index contributed by atoms with van der Waals surface area (Å²) >= 11 is 1.84. The second-order valence-electron chi connectivity index (χ2n) is 10.1. The number of amides is 1. The topological polar surface area (TPSA) is 103 Å². The summed E-state index contributed by atoms with van der Waals surface area (Å²) < 4.78 is 18.9. The lowest BCUT2D eigenvalue weighted by Gasteiger charge is -2.31. The van der Waals surface area contributed by atoms with Crippen molar-refractivity contribution in [3.05, 3.63) is 74.7 Å². The van der Waals surface area contributed by atoms with Crippen LogP contribution < -0.4 is 16.6 Å². The summed E-state index contributed by atoms with van der Waals surface area (Å²) in [5.74, 6) is 1.07. The molecular formula is C27H29FN6O3S. The fourth-order valence-corrected chi connectivity index (χ4v) is 7.00. The molecule has 11 heteroatoms. The zero-order valence-corrected chi connectivity index (χ0v) is 21.9. The highest BCUT2D eigenvalue weighted by atomic mass is 32.2. The van der Waals surface area contributed by atoms with E-state index in [0.717, 1.165) is 30.5 Å². The van der Waals surface area contributed by atoms with Crippen molar-refractivity contribution in [3.8, 4) is 0 Å². The summed E-state index contributed by atoms with van der Waals surface area (Å²) in [5, 5.41) is 3.26. The summed E-state index contributed by atoms with van der Waals surface area (Å²) in [5.41, 5.74) is 1.29. The van der Waals surface area contributed by atoms with Crippen molar-refractivity contribution in [2.45, 2.75) is 63.6 Å². The number of carbonyl (C=O) groups is 1. The Balaban J connectivity index is 1.27. The van der Waals surface area contributed by atoms with Crippen LogP contribution in [0, 0.1) is 12.7 Å². The molecule has 198 valence electrons. The van der Waals surface area contributed by atoms with E-state index < -0.39 is 11.4 Å². The Labute approximate surface area is 222 Å².